The summed E-state index contributed by atoms with van der Waals surface area (Å²) in [7, 11) is 0. The van der Waals surface area contributed by atoms with E-state index in [1.165, 1.54) is 10.9 Å². The van der Waals surface area contributed by atoms with Crippen LogP contribution in [0.15, 0.2) is 35.4 Å². The molecule has 0 radical (unpaired) electrons. The number of rotatable bonds is 3. The Labute approximate surface area is 128 Å². The standard InChI is InChI=1S/C16H20N4O2/c1-12-10-17-7-9-20(12)15(21)6-8-19-11-18-14-5-3-2-4-13(14)16(19)22/h2-5,11-12,17H,6-10H2,1H3. The second-order valence-corrected chi connectivity index (χ2v) is 5.65. The normalized spacial score (nSPS) is 18.6. The Morgan fingerprint density at radius 3 is 3.05 bits per heavy atom. The number of carbonyl (C=O) groups excluding carboxylic acids is 1. The molecule has 1 aromatic carbocycles. The van der Waals surface area contributed by atoms with Gasteiger partial charge in [-0.15, -0.1) is 0 Å². The van der Waals surface area contributed by atoms with Gasteiger partial charge in [0.25, 0.3) is 5.56 Å². The van der Waals surface area contributed by atoms with Crippen LogP contribution in [0.25, 0.3) is 10.9 Å². The molecule has 2 aromatic rings. The largest absolute Gasteiger partial charge is 0.337 e. The predicted octanol–water partition coefficient (Wildman–Crippen LogP) is 0.607. The molecule has 0 bridgehead atoms. The number of aryl methyl sites for hydroxylation is 1. The molecule has 1 aliphatic heterocycles. The van der Waals surface area contributed by atoms with Crippen molar-refractivity contribution in [3.63, 3.8) is 0 Å². The molecule has 0 spiro atoms. The first-order valence-electron chi connectivity index (χ1n) is 7.61. The Hall–Kier alpha value is -2.21. The lowest BCUT2D eigenvalue weighted by atomic mass is 10.2. The number of nitrogens with one attached hydrogen (secondary N) is 1. The molecule has 3 rings (SSSR count). The van der Waals surface area contributed by atoms with Gasteiger partial charge in [0.15, 0.2) is 0 Å². The smallest absolute Gasteiger partial charge is 0.261 e. The number of carbonyl (C=O) groups is 1. The number of aromatic nitrogens is 2. The number of hydrogen-bond donors (Lipinski definition) is 1. The molecular formula is C16H20N4O2. The molecule has 1 aromatic heterocycles. The van der Waals surface area contributed by atoms with Crippen molar-refractivity contribution in [2.45, 2.75) is 25.9 Å². The number of hydrogen-bond acceptors (Lipinski definition) is 4. The summed E-state index contributed by atoms with van der Waals surface area (Å²) < 4.78 is 1.52. The van der Waals surface area contributed by atoms with Crippen molar-refractivity contribution < 1.29 is 4.79 Å². The zero-order chi connectivity index (χ0) is 15.5. The van der Waals surface area contributed by atoms with E-state index in [1.807, 2.05) is 30.0 Å². The second kappa shape index (κ2) is 6.27. The van der Waals surface area contributed by atoms with Gasteiger partial charge in [-0.2, -0.15) is 0 Å². The van der Waals surface area contributed by atoms with Crippen molar-refractivity contribution in [2.24, 2.45) is 0 Å². The Morgan fingerprint density at radius 1 is 1.41 bits per heavy atom. The van der Waals surface area contributed by atoms with Crippen LogP contribution in [0, 0.1) is 0 Å². The Kier molecular flexibility index (Phi) is 4.20. The van der Waals surface area contributed by atoms with Gasteiger partial charge in [-0.05, 0) is 19.1 Å². The van der Waals surface area contributed by atoms with Gasteiger partial charge >= 0.3 is 0 Å². The van der Waals surface area contributed by atoms with Gasteiger partial charge in [-0.1, -0.05) is 12.1 Å². The first kappa shape index (κ1) is 14.7. The second-order valence-electron chi connectivity index (χ2n) is 5.65. The first-order valence-corrected chi connectivity index (χ1v) is 7.61. The third-order valence-corrected chi connectivity index (χ3v) is 4.12. The van der Waals surface area contributed by atoms with Gasteiger partial charge in [-0.3, -0.25) is 14.2 Å². The van der Waals surface area contributed by atoms with Crippen LogP contribution in [0.2, 0.25) is 0 Å². The molecule has 1 fully saturated rings. The molecule has 1 saturated heterocycles. The highest BCUT2D eigenvalue weighted by Gasteiger charge is 2.22. The van der Waals surface area contributed by atoms with Gasteiger partial charge in [0, 0.05) is 38.6 Å². The van der Waals surface area contributed by atoms with Gasteiger partial charge < -0.3 is 10.2 Å². The Balaban J connectivity index is 1.72. The van der Waals surface area contributed by atoms with E-state index in [0.717, 1.165) is 19.6 Å². The average Bonchev–Trinajstić information content (AvgIpc) is 2.55. The van der Waals surface area contributed by atoms with E-state index in [1.54, 1.807) is 6.07 Å². The van der Waals surface area contributed by atoms with Gasteiger partial charge in [0.1, 0.15) is 0 Å². The number of amides is 1. The third-order valence-electron chi connectivity index (χ3n) is 4.12. The Morgan fingerprint density at radius 2 is 2.23 bits per heavy atom. The lowest BCUT2D eigenvalue weighted by Gasteiger charge is -2.34. The number of piperazine rings is 1. The summed E-state index contributed by atoms with van der Waals surface area (Å²) >= 11 is 0. The van der Waals surface area contributed by atoms with Gasteiger partial charge in [-0.25, -0.2) is 4.98 Å². The highest BCUT2D eigenvalue weighted by atomic mass is 16.2. The maximum atomic E-state index is 12.4. The number of nitrogens with zero attached hydrogens (tertiary/aromatic N) is 3. The van der Waals surface area contributed by atoms with Crippen LogP contribution in [0.5, 0.6) is 0 Å². The van der Waals surface area contributed by atoms with E-state index in [-0.39, 0.29) is 17.5 Å². The molecule has 0 saturated carbocycles. The molecule has 2 heterocycles. The van der Waals surface area contributed by atoms with E-state index < -0.39 is 0 Å². The van der Waals surface area contributed by atoms with E-state index in [9.17, 15) is 9.59 Å². The van der Waals surface area contributed by atoms with Crippen molar-refractivity contribution >= 4 is 16.8 Å². The highest BCUT2D eigenvalue weighted by Crippen LogP contribution is 2.07. The maximum Gasteiger partial charge on any atom is 0.261 e. The molecule has 1 N–H and O–H groups in total. The van der Waals surface area contributed by atoms with Crippen LogP contribution in [-0.4, -0.2) is 46.0 Å². The molecule has 22 heavy (non-hydrogen) atoms. The fraction of sp³-hybridized carbons (Fsp3) is 0.438. The van der Waals surface area contributed by atoms with Crippen LogP contribution in [0.3, 0.4) is 0 Å². The molecule has 1 atom stereocenters. The topological polar surface area (TPSA) is 67.2 Å². The van der Waals surface area contributed by atoms with Crippen molar-refractivity contribution in [2.75, 3.05) is 19.6 Å². The van der Waals surface area contributed by atoms with Crippen molar-refractivity contribution in [1.82, 2.24) is 19.8 Å². The SMILES string of the molecule is CC1CNCCN1C(=O)CCn1cnc2ccccc2c1=O. The summed E-state index contributed by atoms with van der Waals surface area (Å²) in [6, 6.07) is 7.46. The molecule has 1 amide bonds. The fourth-order valence-corrected chi connectivity index (χ4v) is 2.84. The number of fused-ring (bicyclic) bond motifs is 1. The first-order chi connectivity index (χ1) is 10.7. The van der Waals surface area contributed by atoms with Crippen molar-refractivity contribution in [3.05, 3.63) is 40.9 Å². The summed E-state index contributed by atoms with van der Waals surface area (Å²) in [5.74, 6) is 0.0917. The van der Waals surface area contributed by atoms with E-state index in [2.05, 4.69) is 10.3 Å². The Bertz CT molecular complexity index is 740. The van der Waals surface area contributed by atoms with Gasteiger partial charge in [0.05, 0.1) is 17.2 Å². The van der Waals surface area contributed by atoms with Crippen LogP contribution in [0.4, 0.5) is 0 Å². The van der Waals surface area contributed by atoms with Crippen molar-refractivity contribution in [1.29, 1.82) is 0 Å². The lowest BCUT2D eigenvalue weighted by Crippen LogP contribution is -2.52. The van der Waals surface area contributed by atoms with Crippen LogP contribution >= 0.6 is 0 Å². The zero-order valence-electron chi connectivity index (χ0n) is 12.7. The minimum absolute atomic E-state index is 0.0910. The molecule has 1 unspecified atom stereocenters. The van der Waals surface area contributed by atoms with E-state index in [4.69, 9.17) is 0 Å². The van der Waals surface area contributed by atoms with Crippen molar-refractivity contribution in [3.8, 4) is 0 Å². The van der Waals surface area contributed by atoms with Crippen LogP contribution in [-0.2, 0) is 11.3 Å². The predicted molar refractivity (Wildman–Crippen MR) is 84.7 cm³/mol. The zero-order valence-corrected chi connectivity index (χ0v) is 12.7. The highest BCUT2D eigenvalue weighted by molar-refractivity contribution is 5.77. The summed E-state index contributed by atoms with van der Waals surface area (Å²) in [6.07, 6.45) is 1.85. The van der Waals surface area contributed by atoms with E-state index >= 15 is 0 Å². The maximum absolute atomic E-state index is 12.4. The third kappa shape index (κ3) is 2.87. The summed E-state index contributed by atoms with van der Waals surface area (Å²) in [5, 5.41) is 3.85. The summed E-state index contributed by atoms with van der Waals surface area (Å²) in [4.78, 5) is 30.8. The lowest BCUT2D eigenvalue weighted by molar-refractivity contribution is -0.134. The van der Waals surface area contributed by atoms with E-state index in [0.29, 0.717) is 23.9 Å². The molecule has 0 aliphatic carbocycles. The summed E-state index contributed by atoms with van der Waals surface area (Å²) in [6.45, 7) is 4.78. The van der Waals surface area contributed by atoms with Crippen LogP contribution < -0.4 is 10.9 Å². The monoisotopic (exact) mass is 300 g/mol. The summed E-state index contributed by atoms with van der Waals surface area (Å²) in [5.41, 5.74) is 0.595. The molecule has 116 valence electrons. The number of para-hydroxylation sites is 1. The van der Waals surface area contributed by atoms with Gasteiger partial charge in [0.2, 0.25) is 5.91 Å². The molecule has 6 heteroatoms. The average molecular weight is 300 g/mol. The fourth-order valence-electron chi connectivity index (χ4n) is 2.84. The molecule has 6 nitrogen and oxygen atoms in total. The quantitative estimate of drug-likeness (QED) is 0.902. The van der Waals surface area contributed by atoms with Crippen LogP contribution in [0.1, 0.15) is 13.3 Å². The molecule has 1 aliphatic rings. The minimum Gasteiger partial charge on any atom is -0.337 e. The number of benzene rings is 1. The molecular weight excluding hydrogens is 280 g/mol. The minimum atomic E-state index is -0.0910.